The van der Waals surface area contributed by atoms with Gasteiger partial charge in [0.05, 0.1) is 13.2 Å². The van der Waals surface area contributed by atoms with Crippen molar-refractivity contribution in [1.29, 1.82) is 0 Å². The normalized spacial score (nSPS) is 29.4. The molecule has 2 N–H and O–H groups in total. The Bertz CT molecular complexity index is 339. The molecule has 2 rings (SSSR count). The topological polar surface area (TPSA) is 48.9 Å². The lowest BCUT2D eigenvalue weighted by atomic mass is 9.95. The Kier molecular flexibility index (Phi) is 6.64. The first-order chi connectivity index (χ1) is 10.2. The molecule has 0 aromatic heterocycles. The number of hydrogen-bond donors (Lipinski definition) is 2. The number of morpholine rings is 1. The standard InChI is InChI=1S/C15H30N4OS/c1-4-13(2)18-14(16-3)17-11-15(5-10-21-12-15)19-6-8-20-9-7-19/h13H,4-12H2,1-3H3,(H2,16,17,18). The molecule has 2 aliphatic rings. The predicted molar refractivity (Wildman–Crippen MR) is 91.3 cm³/mol. The first kappa shape index (κ1) is 16.9. The van der Waals surface area contributed by atoms with Crippen molar-refractivity contribution in [3.8, 4) is 0 Å². The van der Waals surface area contributed by atoms with Crippen molar-refractivity contribution in [2.45, 2.75) is 38.3 Å². The van der Waals surface area contributed by atoms with Crippen LogP contribution in [-0.2, 0) is 4.74 Å². The molecule has 2 fully saturated rings. The molecule has 0 aromatic carbocycles. The van der Waals surface area contributed by atoms with E-state index in [0.29, 0.717) is 6.04 Å². The number of hydrogen-bond acceptors (Lipinski definition) is 4. The smallest absolute Gasteiger partial charge is 0.191 e. The maximum atomic E-state index is 5.51. The number of rotatable bonds is 5. The van der Waals surface area contributed by atoms with Gasteiger partial charge in [0.1, 0.15) is 0 Å². The first-order valence-corrected chi connectivity index (χ1v) is 9.23. The molecule has 0 bridgehead atoms. The summed E-state index contributed by atoms with van der Waals surface area (Å²) < 4.78 is 5.51. The third kappa shape index (κ3) is 4.50. The minimum Gasteiger partial charge on any atom is -0.379 e. The van der Waals surface area contributed by atoms with Gasteiger partial charge in [0.15, 0.2) is 5.96 Å². The van der Waals surface area contributed by atoms with E-state index >= 15 is 0 Å². The van der Waals surface area contributed by atoms with Crippen LogP contribution in [0.5, 0.6) is 0 Å². The lowest BCUT2D eigenvalue weighted by Gasteiger charge is -2.43. The summed E-state index contributed by atoms with van der Waals surface area (Å²) in [5.41, 5.74) is 0.265. The summed E-state index contributed by atoms with van der Waals surface area (Å²) in [5.74, 6) is 3.39. The zero-order chi connectivity index (χ0) is 15.1. The van der Waals surface area contributed by atoms with Crippen LogP contribution in [0.4, 0.5) is 0 Å². The van der Waals surface area contributed by atoms with Crippen LogP contribution >= 0.6 is 11.8 Å². The third-order valence-electron chi connectivity index (χ3n) is 4.57. The monoisotopic (exact) mass is 314 g/mol. The second-order valence-electron chi connectivity index (χ2n) is 6.01. The van der Waals surface area contributed by atoms with Gasteiger partial charge in [-0.3, -0.25) is 9.89 Å². The molecule has 21 heavy (non-hydrogen) atoms. The second-order valence-corrected chi connectivity index (χ2v) is 7.11. The van der Waals surface area contributed by atoms with E-state index in [1.165, 1.54) is 17.9 Å². The summed E-state index contributed by atoms with van der Waals surface area (Å²) in [4.78, 5) is 6.98. The molecule has 122 valence electrons. The van der Waals surface area contributed by atoms with Crippen LogP contribution in [0.2, 0.25) is 0 Å². The molecule has 0 amide bonds. The molecule has 2 aliphatic heterocycles. The fraction of sp³-hybridized carbons (Fsp3) is 0.933. The Labute approximate surface area is 133 Å². The lowest BCUT2D eigenvalue weighted by Crippen LogP contribution is -2.60. The van der Waals surface area contributed by atoms with Crippen molar-refractivity contribution in [1.82, 2.24) is 15.5 Å². The van der Waals surface area contributed by atoms with Gasteiger partial charge in [0, 0.05) is 44.0 Å². The van der Waals surface area contributed by atoms with E-state index < -0.39 is 0 Å². The number of guanidine groups is 1. The van der Waals surface area contributed by atoms with E-state index in [1.807, 2.05) is 7.05 Å². The minimum atomic E-state index is 0.265. The quantitative estimate of drug-likeness (QED) is 0.589. The summed E-state index contributed by atoms with van der Waals surface area (Å²) in [6.07, 6.45) is 2.36. The minimum absolute atomic E-state index is 0.265. The highest BCUT2D eigenvalue weighted by Crippen LogP contribution is 2.33. The van der Waals surface area contributed by atoms with Gasteiger partial charge >= 0.3 is 0 Å². The Balaban J connectivity index is 1.93. The average Bonchev–Trinajstić information content (AvgIpc) is 3.02. The third-order valence-corrected chi connectivity index (χ3v) is 5.80. The summed E-state index contributed by atoms with van der Waals surface area (Å²) in [5, 5.41) is 7.01. The summed E-state index contributed by atoms with van der Waals surface area (Å²) in [6, 6.07) is 0.452. The second kappa shape index (κ2) is 8.25. The molecule has 0 spiro atoms. The van der Waals surface area contributed by atoms with E-state index in [2.05, 4.69) is 46.1 Å². The predicted octanol–water partition coefficient (Wildman–Crippen LogP) is 1.16. The molecule has 0 aliphatic carbocycles. The van der Waals surface area contributed by atoms with Crippen molar-refractivity contribution < 1.29 is 4.74 Å². The zero-order valence-electron chi connectivity index (χ0n) is 13.7. The first-order valence-electron chi connectivity index (χ1n) is 8.08. The fourth-order valence-corrected chi connectivity index (χ4v) is 4.39. The number of aliphatic imine (C=N–C) groups is 1. The highest BCUT2D eigenvalue weighted by atomic mass is 32.2. The maximum absolute atomic E-state index is 5.51. The van der Waals surface area contributed by atoms with Gasteiger partial charge in [0.2, 0.25) is 0 Å². The van der Waals surface area contributed by atoms with E-state index in [-0.39, 0.29) is 5.54 Å². The SMILES string of the molecule is CCC(C)NC(=NC)NCC1(N2CCOCC2)CCSC1. The summed E-state index contributed by atoms with van der Waals surface area (Å²) in [7, 11) is 1.85. The largest absolute Gasteiger partial charge is 0.379 e. The van der Waals surface area contributed by atoms with Crippen molar-refractivity contribution in [2.24, 2.45) is 4.99 Å². The van der Waals surface area contributed by atoms with Crippen LogP contribution in [-0.4, -0.2) is 73.8 Å². The van der Waals surface area contributed by atoms with E-state index in [4.69, 9.17) is 4.74 Å². The molecule has 2 heterocycles. The van der Waals surface area contributed by atoms with Crippen molar-refractivity contribution in [2.75, 3.05) is 51.4 Å². The molecule has 5 nitrogen and oxygen atoms in total. The van der Waals surface area contributed by atoms with Crippen molar-refractivity contribution >= 4 is 17.7 Å². The van der Waals surface area contributed by atoms with Gasteiger partial charge in [-0.1, -0.05) is 6.92 Å². The highest BCUT2D eigenvalue weighted by molar-refractivity contribution is 7.99. The van der Waals surface area contributed by atoms with Crippen LogP contribution in [0.15, 0.2) is 4.99 Å². The fourth-order valence-electron chi connectivity index (χ4n) is 2.91. The lowest BCUT2D eigenvalue weighted by molar-refractivity contribution is -0.0120. The van der Waals surface area contributed by atoms with Gasteiger partial charge in [-0.2, -0.15) is 11.8 Å². The van der Waals surface area contributed by atoms with Crippen LogP contribution in [0.1, 0.15) is 26.7 Å². The molecule has 2 saturated heterocycles. The molecule has 0 aromatic rings. The highest BCUT2D eigenvalue weighted by Gasteiger charge is 2.40. The van der Waals surface area contributed by atoms with E-state index in [9.17, 15) is 0 Å². The average molecular weight is 314 g/mol. The number of nitrogens with one attached hydrogen (secondary N) is 2. The summed E-state index contributed by atoms with van der Waals surface area (Å²) >= 11 is 2.07. The Morgan fingerprint density at radius 3 is 2.76 bits per heavy atom. The molecular formula is C15H30N4OS. The molecular weight excluding hydrogens is 284 g/mol. The summed E-state index contributed by atoms with van der Waals surface area (Å²) in [6.45, 7) is 9.19. The molecule has 0 saturated carbocycles. The van der Waals surface area contributed by atoms with Gasteiger partial charge in [-0.25, -0.2) is 0 Å². The Morgan fingerprint density at radius 2 is 2.19 bits per heavy atom. The molecule has 6 heteroatoms. The van der Waals surface area contributed by atoms with E-state index in [1.54, 1.807) is 0 Å². The van der Waals surface area contributed by atoms with Crippen LogP contribution in [0.3, 0.4) is 0 Å². The van der Waals surface area contributed by atoms with Gasteiger partial charge < -0.3 is 15.4 Å². The van der Waals surface area contributed by atoms with Crippen LogP contribution < -0.4 is 10.6 Å². The van der Waals surface area contributed by atoms with Crippen LogP contribution in [0.25, 0.3) is 0 Å². The van der Waals surface area contributed by atoms with Crippen molar-refractivity contribution in [3.63, 3.8) is 0 Å². The molecule has 2 unspecified atom stereocenters. The van der Waals surface area contributed by atoms with Gasteiger partial charge in [-0.05, 0) is 25.5 Å². The van der Waals surface area contributed by atoms with E-state index in [0.717, 1.165) is 45.2 Å². The van der Waals surface area contributed by atoms with Crippen LogP contribution in [0, 0.1) is 0 Å². The Hall–Kier alpha value is -0.460. The maximum Gasteiger partial charge on any atom is 0.191 e. The molecule has 0 radical (unpaired) electrons. The Morgan fingerprint density at radius 1 is 1.43 bits per heavy atom. The van der Waals surface area contributed by atoms with Crippen molar-refractivity contribution in [3.05, 3.63) is 0 Å². The number of ether oxygens (including phenoxy) is 1. The number of nitrogens with zero attached hydrogens (tertiary/aromatic N) is 2. The molecule has 2 atom stereocenters. The zero-order valence-corrected chi connectivity index (χ0v) is 14.5. The van der Waals surface area contributed by atoms with Gasteiger partial charge in [0.25, 0.3) is 0 Å². The number of thioether (sulfide) groups is 1. The van der Waals surface area contributed by atoms with Gasteiger partial charge in [-0.15, -0.1) is 0 Å².